The van der Waals surface area contributed by atoms with Crippen LogP contribution in [0.2, 0.25) is 0 Å². The van der Waals surface area contributed by atoms with E-state index in [-0.39, 0.29) is 24.2 Å². The fraction of sp³-hybridized carbons (Fsp3) is 0.700. The lowest BCUT2D eigenvalue weighted by molar-refractivity contribution is -0.153. The molecule has 0 unspecified atom stereocenters. The van der Waals surface area contributed by atoms with Crippen LogP contribution in [0.25, 0.3) is 0 Å². The summed E-state index contributed by atoms with van der Waals surface area (Å²) in [7, 11) is 0. The van der Waals surface area contributed by atoms with E-state index in [1.165, 1.54) is 12.8 Å². The summed E-state index contributed by atoms with van der Waals surface area (Å²) in [5, 5.41) is 0. The van der Waals surface area contributed by atoms with E-state index in [2.05, 4.69) is 16.8 Å². The molecule has 5 heteroatoms. The number of ether oxygens (including phenoxy) is 2. The molecule has 2 saturated carbocycles. The second kappa shape index (κ2) is 7.32. The van der Waals surface area contributed by atoms with Crippen molar-refractivity contribution in [3.05, 3.63) is 24.4 Å². The Kier molecular flexibility index (Phi) is 4.93. The summed E-state index contributed by atoms with van der Waals surface area (Å²) < 4.78 is 12.1. The predicted molar refractivity (Wildman–Crippen MR) is 94.3 cm³/mol. The van der Waals surface area contributed by atoms with Crippen molar-refractivity contribution in [1.29, 1.82) is 0 Å². The standard InChI is InChI=1S/C20H28N2O3/c1-14-5-7-15(8-6-14)20(23)22-12-13-24-19-16(22)9-10-17(19)25-18-4-2-3-11-21-18/h2-4,11,14-17,19H,5-10,12-13H2,1H3/t14?,15?,16-,17-,19+/m0/s1. The summed E-state index contributed by atoms with van der Waals surface area (Å²) in [6, 6.07) is 5.85. The molecule has 0 N–H and O–H groups in total. The van der Waals surface area contributed by atoms with Crippen LogP contribution in [0, 0.1) is 11.8 Å². The van der Waals surface area contributed by atoms with E-state index in [9.17, 15) is 4.79 Å². The van der Waals surface area contributed by atoms with Crippen molar-refractivity contribution in [2.45, 2.75) is 63.7 Å². The molecule has 1 aliphatic heterocycles. The smallest absolute Gasteiger partial charge is 0.226 e. The van der Waals surface area contributed by atoms with Gasteiger partial charge in [0.1, 0.15) is 12.2 Å². The molecule has 0 aromatic carbocycles. The highest BCUT2D eigenvalue weighted by Gasteiger charge is 2.46. The number of carbonyl (C=O) groups is 1. The number of nitrogens with zero attached hydrogens (tertiary/aromatic N) is 2. The Labute approximate surface area is 149 Å². The van der Waals surface area contributed by atoms with Crippen LogP contribution in [0.5, 0.6) is 5.88 Å². The Hall–Kier alpha value is -1.62. The summed E-state index contributed by atoms with van der Waals surface area (Å²) >= 11 is 0. The Morgan fingerprint density at radius 1 is 1.20 bits per heavy atom. The van der Waals surface area contributed by atoms with Crippen molar-refractivity contribution in [2.75, 3.05) is 13.2 Å². The average Bonchev–Trinajstić information content (AvgIpc) is 3.06. The molecule has 2 aliphatic carbocycles. The second-order valence-corrected chi connectivity index (χ2v) is 7.79. The van der Waals surface area contributed by atoms with Gasteiger partial charge in [-0.1, -0.05) is 13.0 Å². The SMILES string of the molecule is CC1CCC(C(=O)N2CCO[C@H]3[C@@H](Oc4ccccn4)CC[C@@H]32)CC1. The third-order valence-corrected chi connectivity index (χ3v) is 6.09. The predicted octanol–water partition coefficient (Wildman–Crippen LogP) is 3.05. The van der Waals surface area contributed by atoms with Crippen LogP contribution in [0.3, 0.4) is 0 Å². The van der Waals surface area contributed by atoms with Crippen LogP contribution in [-0.4, -0.2) is 47.2 Å². The maximum atomic E-state index is 13.1. The summed E-state index contributed by atoms with van der Waals surface area (Å²) in [4.78, 5) is 19.4. The van der Waals surface area contributed by atoms with Gasteiger partial charge in [0.05, 0.1) is 12.6 Å². The fourth-order valence-electron chi connectivity index (χ4n) is 4.63. The number of rotatable bonds is 3. The average molecular weight is 344 g/mol. The number of morpholine rings is 1. The zero-order valence-electron chi connectivity index (χ0n) is 15.0. The van der Waals surface area contributed by atoms with Crippen molar-refractivity contribution in [3.8, 4) is 5.88 Å². The largest absolute Gasteiger partial charge is 0.471 e. The minimum absolute atomic E-state index is 0.0121. The molecule has 136 valence electrons. The first-order valence-electron chi connectivity index (χ1n) is 9.72. The van der Waals surface area contributed by atoms with Gasteiger partial charge in [0.25, 0.3) is 0 Å². The molecule has 0 spiro atoms. The number of amides is 1. The van der Waals surface area contributed by atoms with Gasteiger partial charge in [0, 0.05) is 24.7 Å². The topological polar surface area (TPSA) is 51.7 Å². The molecule has 4 rings (SSSR count). The van der Waals surface area contributed by atoms with Gasteiger partial charge in [-0.25, -0.2) is 4.98 Å². The molecule has 0 radical (unpaired) electrons. The summed E-state index contributed by atoms with van der Waals surface area (Å²) in [6.45, 7) is 3.63. The van der Waals surface area contributed by atoms with Crippen molar-refractivity contribution in [2.24, 2.45) is 11.8 Å². The molecule has 3 aliphatic rings. The first kappa shape index (κ1) is 16.8. The number of pyridine rings is 1. The molecule has 5 nitrogen and oxygen atoms in total. The molecule has 25 heavy (non-hydrogen) atoms. The Morgan fingerprint density at radius 2 is 2.04 bits per heavy atom. The second-order valence-electron chi connectivity index (χ2n) is 7.79. The number of aromatic nitrogens is 1. The van der Waals surface area contributed by atoms with Crippen molar-refractivity contribution in [1.82, 2.24) is 9.88 Å². The van der Waals surface area contributed by atoms with Crippen molar-refractivity contribution in [3.63, 3.8) is 0 Å². The molecule has 1 aromatic rings. The maximum absolute atomic E-state index is 13.1. The summed E-state index contributed by atoms with van der Waals surface area (Å²) in [5.41, 5.74) is 0. The molecular weight excluding hydrogens is 316 g/mol. The van der Waals surface area contributed by atoms with Crippen LogP contribution < -0.4 is 4.74 Å². The quantitative estimate of drug-likeness (QED) is 0.846. The van der Waals surface area contributed by atoms with E-state index < -0.39 is 0 Å². The molecule has 3 atom stereocenters. The highest BCUT2D eigenvalue weighted by Crippen LogP contribution is 2.36. The lowest BCUT2D eigenvalue weighted by atomic mass is 9.82. The Morgan fingerprint density at radius 3 is 2.80 bits per heavy atom. The molecule has 1 amide bonds. The van der Waals surface area contributed by atoms with Gasteiger partial charge in [0.2, 0.25) is 11.8 Å². The first-order valence-corrected chi connectivity index (χ1v) is 9.72. The van der Waals surface area contributed by atoms with Gasteiger partial charge in [-0.05, 0) is 50.5 Å². The highest BCUT2D eigenvalue weighted by molar-refractivity contribution is 5.79. The lowest BCUT2D eigenvalue weighted by Gasteiger charge is -2.41. The zero-order chi connectivity index (χ0) is 17.2. The fourth-order valence-corrected chi connectivity index (χ4v) is 4.63. The van der Waals surface area contributed by atoms with Crippen LogP contribution >= 0.6 is 0 Å². The zero-order valence-corrected chi connectivity index (χ0v) is 15.0. The van der Waals surface area contributed by atoms with Crippen molar-refractivity contribution < 1.29 is 14.3 Å². The van der Waals surface area contributed by atoms with Gasteiger partial charge in [-0.15, -0.1) is 0 Å². The van der Waals surface area contributed by atoms with Gasteiger partial charge < -0.3 is 14.4 Å². The van der Waals surface area contributed by atoms with Gasteiger partial charge in [-0.2, -0.15) is 0 Å². The lowest BCUT2D eigenvalue weighted by Crippen LogP contribution is -2.55. The van der Waals surface area contributed by atoms with Crippen molar-refractivity contribution >= 4 is 5.91 Å². The van der Waals surface area contributed by atoms with E-state index in [1.807, 2.05) is 18.2 Å². The van der Waals surface area contributed by atoms with E-state index in [0.717, 1.165) is 38.1 Å². The Balaban J connectivity index is 1.41. The summed E-state index contributed by atoms with van der Waals surface area (Å²) in [6.07, 6.45) is 8.02. The van der Waals surface area contributed by atoms with E-state index >= 15 is 0 Å². The molecule has 3 fully saturated rings. The minimum Gasteiger partial charge on any atom is -0.471 e. The molecule has 1 aromatic heterocycles. The summed E-state index contributed by atoms with van der Waals surface area (Å²) in [5.74, 6) is 1.97. The van der Waals surface area contributed by atoms with Crippen LogP contribution in [-0.2, 0) is 9.53 Å². The van der Waals surface area contributed by atoms with Gasteiger partial charge in [0.15, 0.2) is 0 Å². The maximum Gasteiger partial charge on any atom is 0.226 e. The first-order chi connectivity index (χ1) is 12.2. The Bertz CT molecular complexity index is 586. The molecular formula is C20H28N2O3. The molecule has 2 heterocycles. The molecule has 0 bridgehead atoms. The normalized spacial score (nSPS) is 35.2. The highest BCUT2D eigenvalue weighted by atomic mass is 16.5. The van der Waals surface area contributed by atoms with E-state index in [1.54, 1.807) is 6.20 Å². The number of fused-ring (bicyclic) bond motifs is 1. The number of hydrogen-bond donors (Lipinski definition) is 0. The van der Waals surface area contributed by atoms with Gasteiger partial charge >= 0.3 is 0 Å². The number of hydrogen-bond acceptors (Lipinski definition) is 4. The number of carbonyl (C=O) groups excluding carboxylic acids is 1. The third kappa shape index (κ3) is 3.52. The van der Waals surface area contributed by atoms with E-state index in [4.69, 9.17) is 9.47 Å². The van der Waals surface area contributed by atoms with Crippen LogP contribution in [0.15, 0.2) is 24.4 Å². The van der Waals surface area contributed by atoms with Crippen LogP contribution in [0.1, 0.15) is 45.4 Å². The van der Waals surface area contributed by atoms with Crippen LogP contribution in [0.4, 0.5) is 0 Å². The monoisotopic (exact) mass is 344 g/mol. The molecule has 1 saturated heterocycles. The van der Waals surface area contributed by atoms with Gasteiger partial charge in [-0.3, -0.25) is 4.79 Å². The minimum atomic E-state index is -0.0257. The van der Waals surface area contributed by atoms with E-state index in [0.29, 0.717) is 18.4 Å². The third-order valence-electron chi connectivity index (χ3n) is 6.09.